The molecule has 0 saturated heterocycles. The molecule has 0 aromatic rings. The van der Waals surface area contributed by atoms with E-state index < -0.39 is 0 Å². The van der Waals surface area contributed by atoms with Crippen LogP contribution in [0.3, 0.4) is 0 Å². The maximum Gasteiger partial charge on any atom is 0.133 e. The molecule has 0 unspecified atom stereocenters. The predicted octanol–water partition coefficient (Wildman–Crippen LogP) is 2.18. The Hall–Kier alpha value is -0.590. The van der Waals surface area contributed by atoms with Crippen molar-refractivity contribution in [2.75, 3.05) is 0 Å². The first kappa shape index (κ1) is 8.41. The SMILES string of the molecule is CC(=O)CC=CC(C)C. The smallest absolute Gasteiger partial charge is 0.133 e. The molecule has 0 aliphatic heterocycles. The molecule has 0 amide bonds. The van der Waals surface area contributed by atoms with Crippen molar-refractivity contribution < 1.29 is 4.79 Å². The van der Waals surface area contributed by atoms with Crippen molar-refractivity contribution in [1.29, 1.82) is 0 Å². The molecular formula is C8H14O. The molecule has 0 atom stereocenters. The van der Waals surface area contributed by atoms with Crippen LogP contribution in [0.1, 0.15) is 27.2 Å². The second-order valence-corrected chi connectivity index (χ2v) is 2.58. The number of hydrogen-bond donors (Lipinski definition) is 0. The summed E-state index contributed by atoms with van der Waals surface area (Å²) in [5.41, 5.74) is 0. The van der Waals surface area contributed by atoms with E-state index in [-0.39, 0.29) is 5.78 Å². The first-order chi connectivity index (χ1) is 4.13. The number of rotatable bonds is 3. The zero-order valence-electron chi connectivity index (χ0n) is 6.35. The molecule has 0 spiro atoms. The standard InChI is InChI=1S/C8H14O/c1-7(2)5-4-6-8(3)9/h4-5,7H,6H2,1-3H3. The number of carbonyl (C=O) groups excluding carboxylic acids is 1. The Morgan fingerprint density at radius 2 is 2.11 bits per heavy atom. The highest BCUT2D eigenvalue weighted by Crippen LogP contribution is 1.94. The van der Waals surface area contributed by atoms with Crippen LogP contribution in [0.5, 0.6) is 0 Å². The van der Waals surface area contributed by atoms with E-state index in [0.29, 0.717) is 12.3 Å². The van der Waals surface area contributed by atoms with Crippen LogP contribution in [-0.2, 0) is 4.79 Å². The van der Waals surface area contributed by atoms with Gasteiger partial charge in [-0.05, 0) is 12.8 Å². The molecule has 0 aromatic heterocycles. The van der Waals surface area contributed by atoms with Crippen LogP contribution < -0.4 is 0 Å². The van der Waals surface area contributed by atoms with Crippen LogP contribution in [0.4, 0.5) is 0 Å². The Bertz CT molecular complexity index is 112. The Morgan fingerprint density at radius 3 is 2.44 bits per heavy atom. The lowest BCUT2D eigenvalue weighted by atomic mass is 10.2. The highest BCUT2D eigenvalue weighted by Gasteiger charge is 1.86. The summed E-state index contributed by atoms with van der Waals surface area (Å²) in [4.78, 5) is 10.4. The summed E-state index contributed by atoms with van der Waals surface area (Å²) in [7, 11) is 0. The molecule has 0 radical (unpaired) electrons. The third kappa shape index (κ3) is 7.41. The molecule has 0 fully saturated rings. The number of Topliss-reactive ketones (excluding diaryl/α,β-unsaturated/α-hetero) is 1. The lowest BCUT2D eigenvalue weighted by molar-refractivity contribution is -0.116. The average molecular weight is 126 g/mol. The van der Waals surface area contributed by atoms with Crippen LogP contribution in [0.2, 0.25) is 0 Å². The van der Waals surface area contributed by atoms with E-state index in [0.717, 1.165) is 0 Å². The van der Waals surface area contributed by atoms with Gasteiger partial charge in [0.15, 0.2) is 0 Å². The van der Waals surface area contributed by atoms with E-state index >= 15 is 0 Å². The Morgan fingerprint density at radius 1 is 1.56 bits per heavy atom. The normalized spacial score (nSPS) is 11.1. The molecule has 1 heteroatoms. The number of allylic oxidation sites excluding steroid dienone is 2. The van der Waals surface area contributed by atoms with Crippen molar-refractivity contribution in [1.82, 2.24) is 0 Å². The van der Waals surface area contributed by atoms with Crippen molar-refractivity contribution in [3.63, 3.8) is 0 Å². The fourth-order valence-corrected chi connectivity index (χ4v) is 0.506. The lowest BCUT2D eigenvalue weighted by Gasteiger charge is -1.90. The molecule has 0 saturated carbocycles. The molecule has 0 N–H and O–H groups in total. The van der Waals surface area contributed by atoms with Gasteiger partial charge in [-0.1, -0.05) is 26.0 Å². The Labute approximate surface area is 56.8 Å². The van der Waals surface area contributed by atoms with Gasteiger partial charge in [-0.25, -0.2) is 0 Å². The summed E-state index contributed by atoms with van der Waals surface area (Å²) < 4.78 is 0. The van der Waals surface area contributed by atoms with Gasteiger partial charge >= 0.3 is 0 Å². The first-order valence-electron chi connectivity index (χ1n) is 3.29. The van der Waals surface area contributed by atoms with E-state index in [1.807, 2.05) is 12.2 Å². The van der Waals surface area contributed by atoms with E-state index in [4.69, 9.17) is 0 Å². The van der Waals surface area contributed by atoms with Gasteiger partial charge in [0, 0.05) is 6.42 Å². The van der Waals surface area contributed by atoms with Crippen molar-refractivity contribution in [3.8, 4) is 0 Å². The zero-order chi connectivity index (χ0) is 7.28. The van der Waals surface area contributed by atoms with Crippen LogP contribution in [0, 0.1) is 5.92 Å². The summed E-state index contributed by atoms with van der Waals surface area (Å²) in [6, 6.07) is 0. The minimum atomic E-state index is 0.229. The van der Waals surface area contributed by atoms with Crippen LogP contribution in [0.25, 0.3) is 0 Å². The molecule has 0 aromatic carbocycles. The van der Waals surface area contributed by atoms with Gasteiger partial charge < -0.3 is 0 Å². The second kappa shape index (κ2) is 4.30. The predicted molar refractivity (Wildman–Crippen MR) is 39.3 cm³/mol. The summed E-state index contributed by atoms with van der Waals surface area (Å²) >= 11 is 0. The van der Waals surface area contributed by atoms with E-state index in [2.05, 4.69) is 13.8 Å². The topological polar surface area (TPSA) is 17.1 Å². The monoisotopic (exact) mass is 126 g/mol. The molecule has 9 heavy (non-hydrogen) atoms. The average Bonchev–Trinajstić information content (AvgIpc) is 1.63. The minimum absolute atomic E-state index is 0.229. The van der Waals surface area contributed by atoms with Crippen molar-refractivity contribution in [2.45, 2.75) is 27.2 Å². The lowest BCUT2D eigenvalue weighted by Crippen LogP contribution is -1.85. The number of ketones is 1. The highest BCUT2D eigenvalue weighted by atomic mass is 16.1. The van der Waals surface area contributed by atoms with Gasteiger partial charge in [0.1, 0.15) is 5.78 Å². The maximum atomic E-state index is 10.4. The van der Waals surface area contributed by atoms with Crippen molar-refractivity contribution in [3.05, 3.63) is 12.2 Å². The Balaban J connectivity index is 3.36. The summed E-state index contributed by atoms with van der Waals surface area (Å²) in [6.45, 7) is 5.79. The van der Waals surface area contributed by atoms with Crippen molar-refractivity contribution >= 4 is 5.78 Å². The minimum Gasteiger partial charge on any atom is -0.300 e. The second-order valence-electron chi connectivity index (χ2n) is 2.58. The van der Waals surface area contributed by atoms with Gasteiger partial charge in [0.2, 0.25) is 0 Å². The molecule has 0 bridgehead atoms. The summed E-state index contributed by atoms with van der Waals surface area (Å²) in [5, 5.41) is 0. The first-order valence-corrected chi connectivity index (χ1v) is 3.29. The molecule has 0 rings (SSSR count). The maximum absolute atomic E-state index is 10.4. The van der Waals surface area contributed by atoms with Crippen LogP contribution in [-0.4, -0.2) is 5.78 Å². The van der Waals surface area contributed by atoms with Gasteiger partial charge in [-0.2, -0.15) is 0 Å². The number of hydrogen-bond acceptors (Lipinski definition) is 1. The summed E-state index contributed by atoms with van der Waals surface area (Å²) in [6.07, 6.45) is 4.55. The molecule has 0 heterocycles. The van der Waals surface area contributed by atoms with E-state index in [1.165, 1.54) is 0 Å². The fraction of sp³-hybridized carbons (Fsp3) is 0.625. The van der Waals surface area contributed by atoms with E-state index in [9.17, 15) is 4.79 Å². The molecule has 0 aliphatic carbocycles. The fourth-order valence-electron chi connectivity index (χ4n) is 0.506. The number of carbonyl (C=O) groups is 1. The van der Waals surface area contributed by atoms with Crippen LogP contribution >= 0.6 is 0 Å². The molecule has 52 valence electrons. The third-order valence-corrected chi connectivity index (χ3v) is 0.926. The zero-order valence-corrected chi connectivity index (χ0v) is 6.35. The largest absolute Gasteiger partial charge is 0.300 e. The van der Waals surface area contributed by atoms with Gasteiger partial charge in [-0.3, -0.25) is 4.79 Å². The van der Waals surface area contributed by atoms with Gasteiger partial charge in [-0.15, -0.1) is 0 Å². The van der Waals surface area contributed by atoms with E-state index in [1.54, 1.807) is 6.92 Å². The van der Waals surface area contributed by atoms with Crippen LogP contribution in [0.15, 0.2) is 12.2 Å². The molecule has 1 nitrogen and oxygen atoms in total. The van der Waals surface area contributed by atoms with Gasteiger partial charge in [0.05, 0.1) is 0 Å². The highest BCUT2D eigenvalue weighted by molar-refractivity contribution is 5.76. The van der Waals surface area contributed by atoms with Gasteiger partial charge in [0.25, 0.3) is 0 Å². The van der Waals surface area contributed by atoms with Crippen molar-refractivity contribution in [2.24, 2.45) is 5.92 Å². The molecule has 0 aliphatic rings. The Kier molecular flexibility index (Phi) is 4.02. The quantitative estimate of drug-likeness (QED) is 0.530. The third-order valence-electron chi connectivity index (χ3n) is 0.926. The molecular weight excluding hydrogens is 112 g/mol. The summed E-state index contributed by atoms with van der Waals surface area (Å²) in [5.74, 6) is 0.788.